The highest BCUT2D eigenvalue weighted by atomic mass is 15.3. The molecule has 0 aromatic heterocycles. The van der Waals surface area contributed by atoms with Gasteiger partial charge < -0.3 is 4.90 Å². The topological polar surface area (TPSA) is 6.48 Å². The van der Waals surface area contributed by atoms with Gasteiger partial charge >= 0.3 is 0 Å². The molecule has 0 spiro atoms. The maximum atomic E-state index is 2.62. The summed E-state index contributed by atoms with van der Waals surface area (Å²) < 4.78 is 0. The molecule has 2 heteroatoms. The molecule has 16 heavy (non-hydrogen) atoms. The van der Waals surface area contributed by atoms with Gasteiger partial charge in [0.25, 0.3) is 0 Å². The molecule has 1 rings (SSSR count). The molecule has 0 aliphatic carbocycles. The van der Waals surface area contributed by atoms with Crippen molar-refractivity contribution in [3.8, 4) is 0 Å². The largest absolute Gasteiger partial charge is 0.301 e. The van der Waals surface area contributed by atoms with Crippen LogP contribution in [0.2, 0.25) is 0 Å². The lowest BCUT2D eigenvalue weighted by atomic mass is 9.92. The van der Waals surface area contributed by atoms with Gasteiger partial charge in [0.15, 0.2) is 0 Å². The second-order valence-electron chi connectivity index (χ2n) is 7.31. The second-order valence-corrected chi connectivity index (χ2v) is 7.31. The van der Waals surface area contributed by atoms with Crippen LogP contribution in [0.4, 0.5) is 0 Å². The van der Waals surface area contributed by atoms with E-state index >= 15 is 0 Å². The van der Waals surface area contributed by atoms with E-state index < -0.39 is 0 Å². The highest BCUT2D eigenvalue weighted by Crippen LogP contribution is 2.20. The van der Waals surface area contributed by atoms with Crippen LogP contribution in [0, 0.1) is 5.41 Å². The van der Waals surface area contributed by atoms with Crippen molar-refractivity contribution < 1.29 is 0 Å². The summed E-state index contributed by atoms with van der Waals surface area (Å²) in [5, 5.41) is 0. The van der Waals surface area contributed by atoms with Crippen molar-refractivity contribution in [1.29, 1.82) is 0 Å². The molecule has 0 radical (unpaired) electrons. The molecular formula is C14H30N2. The van der Waals surface area contributed by atoms with Gasteiger partial charge in [-0.3, -0.25) is 4.90 Å². The molecule has 0 aromatic rings. The molecule has 1 aliphatic heterocycles. The molecule has 1 saturated heterocycles. The average Bonchev–Trinajstić information content (AvgIpc) is 2.13. The standard InChI is InChI=1S/C14H30N2/c1-13(2,3)7-8-15-9-11-16(12-10-15)14(4,5)6/h7-12H2,1-6H3. The molecule has 0 N–H and O–H groups in total. The van der Waals surface area contributed by atoms with Crippen LogP contribution in [0.3, 0.4) is 0 Å². The molecule has 0 unspecified atom stereocenters. The molecule has 96 valence electrons. The Bertz CT molecular complexity index is 202. The van der Waals surface area contributed by atoms with Crippen molar-refractivity contribution in [1.82, 2.24) is 9.80 Å². The van der Waals surface area contributed by atoms with Gasteiger partial charge in [0.05, 0.1) is 0 Å². The molecule has 1 fully saturated rings. The van der Waals surface area contributed by atoms with Gasteiger partial charge in [-0.05, 0) is 39.2 Å². The summed E-state index contributed by atoms with van der Waals surface area (Å²) in [6.45, 7) is 20.2. The van der Waals surface area contributed by atoms with E-state index in [1.54, 1.807) is 0 Å². The predicted octanol–water partition coefficient (Wildman–Crippen LogP) is 2.84. The van der Waals surface area contributed by atoms with Crippen LogP contribution in [-0.2, 0) is 0 Å². The van der Waals surface area contributed by atoms with E-state index in [9.17, 15) is 0 Å². The third-order valence-electron chi connectivity index (χ3n) is 3.50. The summed E-state index contributed by atoms with van der Waals surface area (Å²) in [5.74, 6) is 0. The fraction of sp³-hybridized carbons (Fsp3) is 1.00. The lowest BCUT2D eigenvalue weighted by molar-refractivity contribution is 0.0577. The van der Waals surface area contributed by atoms with E-state index in [0.717, 1.165) is 0 Å². The van der Waals surface area contributed by atoms with Gasteiger partial charge in [0.1, 0.15) is 0 Å². The third-order valence-corrected chi connectivity index (χ3v) is 3.50. The number of hydrogen-bond acceptors (Lipinski definition) is 2. The fourth-order valence-corrected chi connectivity index (χ4v) is 2.14. The lowest BCUT2D eigenvalue weighted by Gasteiger charge is -2.42. The molecular weight excluding hydrogens is 196 g/mol. The summed E-state index contributed by atoms with van der Waals surface area (Å²) in [6.07, 6.45) is 1.31. The zero-order chi connectivity index (χ0) is 12.4. The van der Waals surface area contributed by atoms with E-state index in [0.29, 0.717) is 11.0 Å². The molecule has 1 heterocycles. The Morgan fingerprint density at radius 3 is 1.69 bits per heavy atom. The van der Waals surface area contributed by atoms with Crippen molar-refractivity contribution in [2.45, 2.75) is 53.5 Å². The highest BCUT2D eigenvalue weighted by molar-refractivity contribution is 4.82. The minimum atomic E-state index is 0.343. The molecule has 0 aromatic carbocycles. The van der Waals surface area contributed by atoms with E-state index in [2.05, 4.69) is 51.3 Å². The first-order chi connectivity index (χ1) is 7.18. The summed E-state index contributed by atoms with van der Waals surface area (Å²) in [5.41, 5.74) is 0.817. The van der Waals surface area contributed by atoms with Gasteiger partial charge in [0, 0.05) is 31.7 Å². The van der Waals surface area contributed by atoms with Crippen LogP contribution in [-0.4, -0.2) is 48.1 Å². The highest BCUT2D eigenvalue weighted by Gasteiger charge is 2.26. The third kappa shape index (κ3) is 4.84. The summed E-state index contributed by atoms with van der Waals surface area (Å²) in [4.78, 5) is 5.22. The minimum Gasteiger partial charge on any atom is -0.301 e. The Morgan fingerprint density at radius 1 is 0.812 bits per heavy atom. The van der Waals surface area contributed by atoms with Crippen molar-refractivity contribution in [2.75, 3.05) is 32.7 Å². The SMILES string of the molecule is CC(C)(C)CCN1CCN(C(C)(C)C)CC1. The van der Waals surface area contributed by atoms with Gasteiger partial charge in [-0.15, -0.1) is 0 Å². The van der Waals surface area contributed by atoms with Gasteiger partial charge in [-0.25, -0.2) is 0 Å². The zero-order valence-electron chi connectivity index (χ0n) is 12.1. The van der Waals surface area contributed by atoms with Crippen molar-refractivity contribution in [3.63, 3.8) is 0 Å². The Morgan fingerprint density at radius 2 is 1.31 bits per heavy atom. The first-order valence-electron chi connectivity index (χ1n) is 6.66. The molecule has 2 nitrogen and oxygen atoms in total. The summed E-state index contributed by atoms with van der Waals surface area (Å²) in [7, 11) is 0. The monoisotopic (exact) mass is 226 g/mol. The van der Waals surface area contributed by atoms with Crippen LogP contribution < -0.4 is 0 Å². The zero-order valence-corrected chi connectivity index (χ0v) is 12.1. The first-order valence-corrected chi connectivity index (χ1v) is 6.66. The number of rotatable bonds is 2. The van der Waals surface area contributed by atoms with Crippen molar-refractivity contribution >= 4 is 0 Å². The smallest absolute Gasteiger partial charge is 0.0126 e. The second kappa shape index (κ2) is 5.05. The average molecular weight is 226 g/mol. The molecule has 0 bridgehead atoms. The maximum absolute atomic E-state index is 2.62. The van der Waals surface area contributed by atoms with E-state index in [4.69, 9.17) is 0 Å². The van der Waals surface area contributed by atoms with Crippen LogP contribution >= 0.6 is 0 Å². The quantitative estimate of drug-likeness (QED) is 0.714. The normalized spacial score (nSPS) is 21.4. The van der Waals surface area contributed by atoms with Crippen LogP contribution in [0.25, 0.3) is 0 Å². The van der Waals surface area contributed by atoms with Gasteiger partial charge in [-0.2, -0.15) is 0 Å². The van der Waals surface area contributed by atoms with Gasteiger partial charge in [-0.1, -0.05) is 20.8 Å². The Labute approximate surface area is 102 Å². The fourth-order valence-electron chi connectivity index (χ4n) is 2.14. The van der Waals surface area contributed by atoms with Crippen LogP contribution in [0.5, 0.6) is 0 Å². The van der Waals surface area contributed by atoms with Crippen LogP contribution in [0.1, 0.15) is 48.0 Å². The molecule has 0 atom stereocenters. The van der Waals surface area contributed by atoms with E-state index in [1.807, 2.05) is 0 Å². The molecule has 0 saturated carbocycles. The lowest BCUT2D eigenvalue weighted by Crippen LogP contribution is -2.53. The predicted molar refractivity (Wildman–Crippen MR) is 71.8 cm³/mol. The maximum Gasteiger partial charge on any atom is 0.0126 e. The Balaban J connectivity index is 2.28. The minimum absolute atomic E-state index is 0.343. The first kappa shape index (κ1) is 14.0. The van der Waals surface area contributed by atoms with E-state index in [1.165, 1.54) is 39.1 Å². The summed E-state index contributed by atoms with van der Waals surface area (Å²) >= 11 is 0. The number of nitrogens with zero attached hydrogens (tertiary/aromatic N) is 2. The van der Waals surface area contributed by atoms with E-state index in [-0.39, 0.29) is 0 Å². The summed E-state index contributed by atoms with van der Waals surface area (Å²) in [6, 6.07) is 0. The Hall–Kier alpha value is -0.0800. The number of hydrogen-bond donors (Lipinski definition) is 0. The van der Waals surface area contributed by atoms with Crippen molar-refractivity contribution in [3.05, 3.63) is 0 Å². The van der Waals surface area contributed by atoms with Gasteiger partial charge in [0.2, 0.25) is 0 Å². The molecule has 1 aliphatic rings. The van der Waals surface area contributed by atoms with Crippen LogP contribution in [0.15, 0.2) is 0 Å². The Kier molecular flexibility index (Phi) is 4.42. The van der Waals surface area contributed by atoms with Crippen molar-refractivity contribution in [2.24, 2.45) is 5.41 Å². The molecule has 0 amide bonds. The number of piperazine rings is 1.